The summed E-state index contributed by atoms with van der Waals surface area (Å²) in [5, 5.41) is 6.62. The Morgan fingerprint density at radius 1 is 1.21 bits per heavy atom. The second-order valence-corrected chi connectivity index (χ2v) is 8.41. The van der Waals surface area contributed by atoms with Crippen molar-refractivity contribution >= 4 is 48.2 Å². The van der Waals surface area contributed by atoms with Gasteiger partial charge in [-0.2, -0.15) is 0 Å². The zero-order valence-corrected chi connectivity index (χ0v) is 18.2. The number of halogens is 2. The number of nitrogens with zero attached hydrogens (tertiary/aromatic N) is 1. The van der Waals surface area contributed by atoms with Crippen LogP contribution in [0.25, 0.3) is 0 Å². The fourth-order valence-corrected chi connectivity index (χ4v) is 5.06. The number of hydrogen-bond acceptors (Lipinski definition) is 4. The minimum Gasteiger partial charge on any atom is -0.326 e. The van der Waals surface area contributed by atoms with Crippen LogP contribution in [0.5, 0.6) is 0 Å². The third kappa shape index (κ3) is 5.01. The Balaban J connectivity index is 0.00000140. The normalized spacial score (nSPS) is 23.1. The lowest BCUT2D eigenvalue weighted by Gasteiger charge is -2.37. The summed E-state index contributed by atoms with van der Waals surface area (Å²) in [5.74, 6) is 1.59. The van der Waals surface area contributed by atoms with Crippen molar-refractivity contribution in [3.63, 3.8) is 0 Å². The van der Waals surface area contributed by atoms with Crippen LogP contribution in [0.2, 0.25) is 0 Å². The van der Waals surface area contributed by atoms with Gasteiger partial charge in [0.25, 0.3) is 0 Å². The first-order chi connectivity index (χ1) is 12.8. The second kappa shape index (κ2) is 10.5. The van der Waals surface area contributed by atoms with Gasteiger partial charge in [-0.05, 0) is 61.2 Å². The molecular formula is C21H27Cl2N3OS. The summed E-state index contributed by atoms with van der Waals surface area (Å²) in [6, 6.07) is 12.2. The van der Waals surface area contributed by atoms with Gasteiger partial charge in [0.2, 0.25) is 5.91 Å². The highest BCUT2D eigenvalue weighted by Crippen LogP contribution is 2.44. The molecule has 2 aliphatic rings. The summed E-state index contributed by atoms with van der Waals surface area (Å²) in [7, 11) is 0. The van der Waals surface area contributed by atoms with Gasteiger partial charge in [-0.3, -0.25) is 9.78 Å². The van der Waals surface area contributed by atoms with E-state index in [-0.39, 0.29) is 36.1 Å². The predicted octanol–water partition coefficient (Wildman–Crippen LogP) is 4.94. The second-order valence-electron chi connectivity index (χ2n) is 7.36. The van der Waals surface area contributed by atoms with Crippen molar-refractivity contribution in [1.29, 1.82) is 0 Å². The van der Waals surface area contributed by atoms with Gasteiger partial charge in [-0.15, -0.1) is 36.6 Å². The molecule has 28 heavy (non-hydrogen) atoms. The van der Waals surface area contributed by atoms with Crippen LogP contribution in [0, 0.1) is 11.3 Å². The topological polar surface area (TPSA) is 54.0 Å². The number of carbonyl (C=O) groups is 1. The number of hydrogen-bond donors (Lipinski definition) is 2. The molecule has 7 heteroatoms. The molecule has 2 atom stereocenters. The lowest BCUT2D eigenvalue weighted by Crippen LogP contribution is -2.44. The van der Waals surface area contributed by atoms with E-state index in [4.69, 9.17) is 0 Å². The molecule has 1 amide bonds. The van der Waals surface area contributed by atoms with Crippen molar-refractivity contribution in [1.82, 2.24) is 10.3 Å². The summed E-state index contributed by atoms with van der Waals surface area (Å²) in [5.41, 5.74) is 1.91. The number of thioether (sulfide) groups is 1. The largest absolute Gasteiger partial charge is 0.326 e. The Hall–Kier alpha value is -1.27. The van der Waals surface area contributed by atoms with Crippen LogP contribution in [0.15, 0.2) is 53.7 Å². The van der Waals surface area contributed by atoms with E-state index in [0.29, 0.717) is 5.92 Å². The van der Waals surface area contributed by atoms with Crippen LogP contribution >= 0.6 is 36.6 Å². The van der Waals surface area contributed by atoms with Gasteiger partial charge in [0.15, 0.2) is 0 Å². The van der Waals surface area contributed by atoms with Crippen LogP contribution in [0.1, 0.15) is 31.2 Å². The summed E-state index contributed by atoms with van der Waals surface area (Å²) in [6.45, 7) is 1.81. The van der Waals surface area contributed by atoms with Crippen LogP contribution in [0.4, 0.5) is 5.69 Å². The van der Waals surface area contributed by atoms with E-state index in [1.165, 1.54) is 23.3 Å². The first kappa shape index (κ1) is 23.0. The van der Waals surface area contributed by atoms with E-state index in [9.17, 15) is 4.79 Å². The summed E-state index contributed by atoms with van der Waals surface area (Å²) in [4.78, 5) is 18.3. The number of carbonyl (C=O) groups excluding carboxylic acids is 1. The molecule has 0 spiro atoms. The fourth-order valence-electron chi connectivity index (χ4n) is 4.23. The molecule has 1 aromatic heterocycles. The maximum atomic E-state index is 13.0. The Kier molecular flexibility index (Phi) is 8.62. The fraction of sp³-hybridized carbons (Fsp3) is 0.429. The number of rotatable bonds is 5. The molecule has 1 aromatic carbocycles. The van der Waals surface area contributed by atoms with E-state index in [2.05, 4.69) is 33.8 Å². The molecule has 0 radical (unpaired) electrons. The van der Waals surface area contributed by atoms with Gasteiger partial charge >= 0.3 is 0 Å². The number of anilines is 1. The summed E-state index contributed by atoms with van der Waals surface area (Å²) < 4.78 is 0. The maximum Gasteiger partial charge on any atom is 0.232 e. The number of nitrogens with one attached hydrogen (secondary N) is 2. The van der Waals surface area contributed by atoms with E-state index in [1.807, 2.05) is 24.4 Å². The molecule has 0 unspecified atom stereocenters. The number of benzene rings is 1. The Bertz CT molecular complexity index is 760. The van der Waals surface area contributed by atoms with E-state index < -0.39 is 0 Å². The van der Waals surface area contributed by atoms with Crippen LogP contribution < -0.4 is 10.6 Å². The standard InChI is InChI=1S/C21H25N3OS.2ClH/c25-20(21-10-2-1-5-17(21)13-23-15-21)24-18-6-8-19(9-7-18)26-14-16-4-3-11-22-12-16;;/h3-4,6-9,11-12,17,23H,1-2,5,10,13-15H2,(H,24,25);2*1H/t17-,21+;;/m0../s1. The van der Waals surface area contributed by atoms with Gasteiger partial charge in [0.05, 0.1) is 5.41 Å². The Morgan fingerprint density at radius 2 is 2.04 bits per heavy atom. The lowest BCUT2D eigenvalue weighted by atomic mass is 9.67. The number of pyridine rings is 1. The molecule has 2 fully saturated rings. The number of aromatic nitrogens is 1. The molecule has 2 N–H and O–H groups in total. The zero-order valence-electron chi connectivity index (χ0n) is 15.7. The van der Waals surface area contributed by atoms with Crippen LogP contribution in [0.3, 0.4) is 0 Å². The monoisotopic (exact) mass is 439 g/mol. The van der Waals surface area contributed by atoms with E-state index in [0.717, 1.165) is 37.4 Å². The molecular weight excluding hydrogens is 413 g/mol. The van der Waals surface area contributed by atoms with Crippen molar-refractivity contribution in [2.75, 3.05) is 18.4 Å². The van der Waals surface area contributed by atoms with Gasteiger partial charge in [-0.25, -0.2) is 0 Å². The van der Waals surface area contributed by atoms with Crippen molar-refractivity contribution in [2.24, 2.45) is 11.3 Å². The zero-order chi connectivity index (χ0) is 17.8. The van der Waals surface area contributed by atoms with Crippen molar-refractivity contribution in [3.05, 3.63) is 54.4 Å². The highest BCUT2D eigenvalue weighted by Gasteiger charge is 2.49. The molecule has 2 heterocycles. The Labute approximate surface area is 183 Å². The highest BCUT2D eigenvalue weighted by atomic mass is 35.5. The van der Waals surface area contributed by atoms with Gasteiger partial charge in [0.1, 0.15) is 0 Å². The predicted molar refractivity (Wildman–Crippen MR) is 121 cm³/mol. The molecule has 4 nitrogen and oxygen atoms in total. The molecule has 2 aromatic rings. The molecule has 0 bridgehead atoms. The first-order valence-corrected chi connectivity index (χ1v) is 10.4. The third-order valence-electron chi connectivity index (χ3n) is 5.73. The van der Waals surface area contributed by atoms with Gasteiger partial charge in [-0.1, -0.05) is 18.9 Å². The minimum absolute atomic E-state index is 0. The summed E-state index contributed by atoms with van der Waals surface area (Å²) >= 11 is 1.78. The average molecular weight is 440 g/mol. The van der Waals surface area contributed by atoms with E-state index >= 15 is 0 Å². The van der Waals surface area contributed by atoms with Crippen molar-refractivity contribution < 1.29 is 4.79 Å². The molecule has 1 aliphatic heterocycles. The first-order valence-electron chi connectivity index (χ1n) is 9.40. The van der Waals surface area contributed by atoms with Crippen molar-refractivity contribution in [3.8, 4) is 0 Å². The third-order valence-corrected chi connectivity index (χ3v) is 6.81. The van der Waals surface area contributed by atoms with Crippen LogP contribution in [-0.4, -0.2) is 24.0 Å². The van der Waals surface area contributed by atoms with Gasteiger partial charge < -0.3 is 10.6 Å². The smallest absolute Gasteiger partial charge is 0.232 e. The molecule has 1 saturated heterocycles. The highest BCUT2D eigenvalue weighted by molar-refractivity contribution is 7.98. The van der Waals surface area contributed by atoms with Gasteiger partial charge in [0, 0.05) is 35.3 Å². The number of amides is 1. The average Bonchev–Trinajstić information content (AvgIpc) is 3.14. The van der Waals surface area contributed by atoms with Crippen molar-refractivity contribution in [2.45, 2.75) is 36.3 Å². The van der Waals surface area contributed by atoms with Crippen LogP contribution in [-0.2, 0) is 10.5 Å². The minimum atomic E-state index is -0.202. The molecule has 4 rings (SSSR count). The quantitative estimate of drug-likeness (QED) is 0.647. The SMILES string of the molecule is Cl.Cl.O=C(Nc1ccc(SCc2cccnc2)cc1)[C@@]12CCCC[C@H]1CNC2. The molecule has 152 valence electrons. The Morgan fingerprint density at radius 3 is 2.79 bits per heavy atom. The number of fused-ring (bicyclic) bond motifs is 1. The maximum absolute atomic E-state index is 13.0. The summed E-state index contributed by atoms with van der Waals surface area (Å²) in [6.07, 6.45) is 8.29. The lowest BCUT2D eigenvalue weighted by molar-refractivity contribution is -0.128. The van der Waals surface area contributed by atoms with E-state index in [1.54, 1.807) is 18.0 Å². The molecule has 1 aliphatic carbocycles. The molecule has 1 saturated carbocycles.